The first-order chi connectivity index (χ1) is 7.50. The molecule has 2 aliphatic carbocycles. The molecule has 2 bridgehead atoms. The van der Waals surface area contributed by atoms with Gasteiger partial charge in [-0.15, -0.1) is 0 Å². The maximum Gasteiger partial charge on any atom is 0.295 e. The molecule has 4 heteroatoms. The zero-order chi connectivity index (χ0) is 11.8. The van der Waals surface area contributed by atoms with Crippen LogP contribution in [0.15, 0.2) is 70.7 Å². The Bertz CT molecular complexity index is 596. The van der Waals surface area contributed by atoms with Gasteiger partial charge in [0.2, 0.25) is 0 Å². The molecule has 0 saturated heterocycles. The van der Waals surface area contributed by atoms with Gasteiger partial charge >= 0.3 is 0 Å². The van der Waals surface area contributed by atoms with Crippen molar-refractivity contribution in [2.24, 2.45) is 0 Å². The van der Waals surface area contributed by atoms with E-state index in [1.807, 2.05) is 6.08 Å². The van der Waals surface area contributed by atoms with Gasteiger partial charge in [-0.05, 0) is 17.2 Å². The molecule has 0 aliphatic heterocycles. The van der Waals surface area contributed by atoms with Gasteiger partial charge in [0.25, 0.3) is 10.1 Å². The second-order valence-corrected chi connectivity index (χ2v) is 4.82. The molecule has 0 radical (unpaired) electrons. The van der Waals surface area contributed by atoms with Crippen LogP contribution in [0.1, 0.15) is 0 Å². The average Bonchev–Trinajstić information content (AvgIpc) is 2.46. The van der Waals surface area contributed by atoms with E-state index in [1.165, 1.54) is 6.08 Å². The lowest BCUT2D eigenvalue weighted by molar-refractivity contribution is 0.491. The van der Waals surface area contributed by atoms with Crippen LogP contribution in [-0.2, 0) is 10.1 Å². The van der Waals surface area contributed by atoms with E-state index >= 15 is 0 Å². The fourth-order valence-corrected chi connectivity index (χ4v) is 2.33. The van der Waals surface area contributed by atoms with Gasteiger partial charge in [-0.3, -0.25) is 4.55 Å². The van der Waals surface area contributed by atoms with Gasteiger partial charge in [0, 0.05) is 5.57 Å². The lowest BCUT2D eigenvalue weighted by Gasteiger charge is -2.09. The number of allylic oxidation sites excluding steroid dienone is 10. The first kappa shape index (κ1) is 10.9. The molecule has 0 heterocycles. The number of rotatable bonds is 1. The molecule has 2 rings (SSSR count). The minimum atomic E-state index is -4.23. The van der Waals surface area contributed by atoms with E-state index in [0.29, 0.717) is 11.1 Å². The van der Waals surface area contributed by atoms with E-state index in [4.69, 9.17) is 4.55 Å². The normalized spacial score (nSPS) is 19.6. The largest absolute Gasteiger partial charge is 0.295 e. The number of hydrogen-bond acceptors (Lipinski definition) is 2. The molecule has 0 aromatic heterocycles. The summed E-state index contributed by atoms with van der Waals surface area (Å²) in [5, 5.41) is 0. The van der Waals surface area contributed by atoms with Crippen LogP contribution in [0.25, 0.3) is 0 Å². The summed E-state index contributed by atoms with van der Waals surface area (Å²) in [7, 11) is -4.23. The summed E-state index contributed by atoms with van der Waals surface area (Å²) in [6.45, 7) is 3.84. The monoisotopic (exact) mass is 234 g/mol. The van der Waals surface area contributed by atoms with Gasteiger partial charge in [0.05, 0.1) is 0 Å². The minimum Gasteiger partial charge on any atom is -0.282 e. The molecule has 0 fully saturated rings. The lowest BCUT2D eigenvalue weighted by Crippen LogP contribution is -2.05. The molecule has 0 amide bonds. The van der Waals surface area contributed by atoms with Crippen molar-refractivity contribution >= 4 is 10.1 Å². The highest BCUT2D eigenvalue weighted by Crippen LogP contribution is 2.32. The first-order valence-electron chi connectivity index (χ1n) is 4.64. The van der Waals surface area contributed by atoms with Crippen LogP contribution in [-0.4, -0.2) is 13.0 Å². The molecule has 0 aromatic carbocycles. The topological polar surface area (TPSA) is 54.4 Å². The van der Waals surface area contributed by atoms with Crippen LogP contribution in [0.5, 0.6) is 0 Å². The van der Waals surface area contributed by atoms with E-state index in [-0.39, 0.29) is 4.91 Å². The molecule has 0 spiro atoms. The maximum absolute atomic E-state index is 11.2. The molecule has 2 aliphatic rings. The summed E-state index contributed by atoms with van der Waals surface area (Å²) in [6.07, 6.45) is 11.7. The Morgan fingerprint density at radius 2 is 1.75 bits per heavy atom. The number of fused-ring (bicyclic) bond motifs is 2. The fraction of sp³-hybridized carbons (Fsp3) is 0. The Morgan fingerprint density at radius 3 is 2.44 bits per heavy atom. The first-order valence-corrected chi connectivity index (χ1v) is 6.09. The summed E-state index contributed by atoms with van der Waals surface area (Å²) in [4.78, 5) is -0.122. The third kappa shape index (κ3) is 1.85. The second-order valence-electron chi connectivity index (χ2n) is 3.43. The predicted octanol–water partition coefficient (Wildman–Crippen LogP) is 2.31. The van der Waals surface area contributed by atoms with E-state index in [2.05, 4.69) is 6.58 Å². The molecular weight excluding hydrogens is 224 g/mol. The zero-order valence-corrected chi connectivity index (χ0v) is 9.24. The summed E-state index contributed by atoms with van der Waals surface area (Å²) in [5.41, 5.74) is 1.84. The molecule has 0 saturated carbocycles. The quantitative estimate of drug-likeness (QED) is 0.708. The van der Waals surface area contributed by atoms with E-state index in [0.717, 1.165) is 5.57 Å². The molecule has 3 nitrogen and oxygen atoms in total. The number of hydrogen-bond donors (Lipinski definition) is 1. The van der Waals surface area contributed by atoms with Gasteiger partial charge in [-0.1, -0.05) is 43.0 Å². The summed E-state index contributed by atoms with van der Waals surface area (Å²) in [5.74, 6) is 0. The van der Waals surface area contributed by atoms with Crippen LogP contribution >= 0.6 is 0 Å². The Balaban J connectivity index is 2.69. The van der Waals surface area contributed by atoms with Crippen LogP contribution in [0.2, 0.25) is 0 Å². The summed E-state index contributed by atoms with van der Waals surface area (Å²) < 4.78 is 31.6. The van der Waals surface area contributed by atoms with Crippen LogP contribution < -0.4 is 0 Å². The Labute approximate surface area is 94.2 Å². The van der Waals surface area contributed by atoms with Crippen molar-refractivity contribution in [3.8, 4) is 0 Å². The third-order valence-electron chi connectivity index (χ3n) is 2.39. The van der Waals surface area contributed by atoms with Crippen molar-refractivity contribution in [1.82, 2.24) is 0 Å². The highest BCUT2D eigenvalue weighted by Gasteiger charge is 2.23. The van der Waals surface area contributed by atoms with E-state index in [1.54, 1.807) is 30.4 Å². The predicted molar refractivity (Wildman–Crippen MR) is 63.2 cm³/mol. The average molecular weight is 234 g/mol. The maximum atomic E-state index is 11.2. The molecule has 16 heavy (non-hydrogen) atoms. The van der Waals surface area contributed by atoms with Crippen LogP contribution in [0, 0.1) is 0 Å². The summed E-state index contributed by atoms with van der Waals surface area (Å²) in [6, 6.07) is 0. The molecule has 0 unspecified atom stereocenters. The molecule has 0 aromatic rings. The van der Waals surface area contributed by atoms with Crippen LogP contribution in [0.3, 0.4) is 0 Å². The standard InChI is InChI=1S/C12H10O3S/c1-9-10-5-2-3-7-11(9)12(8-4-6-10)16(13,14)15/h2-8H,1H2,(H,13,14,15). The van der Waals surface area contributed by atoms with Crippen molar-refractivity contribution in [1.29, 1.82) is 0 Å². The Kier molecular flexibility index (Phi) is 2.53. The lowest BCUT2D eigenvalue weighted by atomic mass is 10.0. The summed E-state index contributed by atoms with van der Waals surface area (Å²) >= 11 is 0. The van der Waals surface area contributed by atoms with E-state index < -0.39 is 10.1 Å². The highest BCUT2D eigenvalue weighted by atomic mass is 32.2. The fourth-order valence-electron chi connectivity index (χ4n) is 1.61. The van der Waals surface area contributed by atoms with Crippen molar-refractivity contribution in [3.05, 3.63) is 70.7 Å². The zero-order valence-electron chi connectivity index (χ0n) is 8.42. The Morgan fingerprint density at radius 1 is 1.06 bits per heavy atom. The van der Waals surface area contributed by atoms with Gasteiger partial charge in [0.15, 0.2) is 0 Å². The smallest absolute Gasteiger partial charge is 0.282 e. The van der Waals surface area contributed by atoms with Gasteiger partial charge in [-0.2, -0.15) is 8.42 Å². The molecule has 82 valence electrons. The third-order valence-corrected chi connectivity index (χ3v) is 3.30. The Hall–Kier alpha value is -1.65. The SMILES string of the molecule is C=C1C2=CC=CC=C1C(S(=O)(=O)O)=CC=C2. The highest BCUT2D eigenvalue weighted by molar-refractivity contribution is 7.90. The van der Waals surface area contributed by atoms with Gasteiger partial charge in [-0.25, -0.2) is 0 Å². The minimum absolute atomic E-state index is 0.122. The molecular formula is C12H10O3S. The molecule has 0 atom stereocenters. The van der Waals surface area contributed by atoms with E-state index in [9.17, 15) is 8.42 Å². The second kappa shape index (κ2) is 3.73. The molecule has 1 N–H and O–H groups in total. The van der Waals surface area contributed by atoms with Crippen molar-refractivity contribution < 1.29 is 13.0 Å². The van der Waals surface area contributed by atoms with Crippen molar-refractivity contribution in [2.45, 2.75) is 0 Å². The van der Waals surface area contributed by atoms with Gasteiger partial charge in [0.1, 0.15) is 4.91 Å². The van der Waals surface area contributed by atoms with Crippen molar-refractivity contribution in [3.63, 3.8) is 0 Å². The van der Waals surface area contributed by atoms with Crippen LogP contribution in [0.4, 0.5) is 0 Å². The van der Waals surface area contributed by atoms with Gasteiger partial charge < -0.3 is 0 Å². The van der Waals surface area contributed by atoms with Crippen molar-refractivity contribution in [2.75, 3.05) is 0 Å².